The van der Waals surface area contributed by atoms with Crippen molar-refractivity contribution in [2.75, 3.05) is 13.1 Å². The molecule has 0 radical (unpaired) electrons. The molecule has 0 saturated heterocycles. The van der Waals surface area contributed by atoms with Crippen LogP contribution in [0.4, 0.5) is 4.79 Å². The Morgan fingerprint density at radius 2 is 1.87 bits per heavy atom. The molecule has 0 spiro atoms. The quantitative estimate of drug-likeness (QED) is 0.584. The SMILES string of the molecule is CCCCNC(=O)NCC(C)(C)C(=O)O. The normalized spacial score (nSPS) is 10.9. The number of carboxylic acid groups (broad SMARTS) is 1. The Labute approximate surface area is 90.2 Å². The van der Waals surface area contributed by atoms with E-state index in [1.165, 1.54) is 0 Å². The molecule has 5 heteroatoms. The van der Waals surface area contributed by atoms with Crippen LogP contribution >= 0.6 is 0 Å². The number of urea groups is 1. The zero-order valence-electron chi connectivity index (χ0n) is 9.59. The smallest absolute Gasteiger partial charge is 0.314 e. The summed E-state index contributed by atoms with van der Waals surface area (Å²) in [6.07, 6.45) is 1.94. The second-order valence-corrected chi connectivity index (χ2v) is 4.15. The van der Waals surface area contributed by atoms with Crippen molar-refractivity contribution in [1.29, 1.82) is 0 Å². The highest BCUT2D eigenvalue weighted by Gasteiger charge is 2.27. The lowest BCUT2D eigenvalue weighted by Crippen LogP contribution is -2.43. The zero-order chi connectivity index (χ0) is 11.9. The van der Waals surface area contributed by atoms with E-state index in [2.05, 4.69) is 10.6 Å². The first-order valence-corrected chi connectivity index (χ1v) is 5.15. The summed E-state index contributed by atoms with van der Waals surface area (Å²) in [4.78, 5) is 21.9. The van der Waals surface area contributed by atoms with Crippen molar-refractivity contribution in [2.45, 2.75) is 33.6 Å². The first-order valence-electron chi connectivity index (χ1n) is 5.15. The van der Waals surface area contributed by atoms with Crippen LogP contribution in [-0.4, -0.2) is 30.2 Å². The molecule has 15 heavy (non-hydrogen) atoms. The van der Waals surface area contributed by atoms with Gasteiger partial charge in [-0.05, 0) is 20.3 Å². The van der Waals surface area contributed by atoms with Crippen LogP contribution in [0.25, 0.3) is 0 Å². The minimum absolute atomic E-state index is 0.125. The summed E-state index contributed by atoms with van der Waals surface area (Å²) in [5.41, 5.74) is -0.928. The molecule has 0 rings (SSSR count). The van der Waals surface area contributed by atoms with Crippen LogP contribution in [-0.2, 0) is 4.79 Å². The predicted octanol–water partition coefficient (Wildman–Crippen LogP) is 1.20. The van der Waals surface area contributed by atoms with Crippen molar-refractivity contribution >= 4 is 12.0 Å². The molecule has 0 unspecified atom stereocenters. The number of aliphatic carboxylic acids is 1. The van der Waals surface area contributed by atoms with Crippen molar-refractivity contribution in [3.05, 3.63) is 0 Å². The third kappa shape index (κ3) is 5.93. The van der Waals surface area contributed by atoms with Gasteiger partial charge in [-0.2, -0.15) is 0 Å². The van der Waals surface area contributed by atoms with Crippen molar-refractivity contribution in [3.8, 4) is 0 Å². The first kappa shape index (κ1) is 13.7. The van der Waals surface area contributed by atoms with Crippen LogP contribution in [0.15, 0.2) is 0 Å². The number of hydrogen-bond acceptors (Lipinski definition) is 2. The molecule has 2 amide bonds. The average Bonchev–Trinajstić information content (AvgIpc) is 2.15. The molecule has 0 aromatic heterocycles. The van der Waals surface area contributed by atoms with Gasteiger partial charge in [0.1, 0.15) is 0 Å². The molecule has 0 fully saturated rings. The van der Waals surface area contributed by atoms with Gasteiger partial charge in [0.05, 0.1) is 5.41 Å². The fourth-order valence-electron chi connectivity index (χ4n) is 0.818. The van der Waals surface area contributed by atoms with Crippen molar-refractivity contribution < 1.29 is 14.7 Å². The van der Waals surface area contributed by atoms with Gasteiger partial charge in [-0.3, -0.25) is 4.79 Å². The van der Waals surface area contributed by atoms with Gasteiger partial charge in [0.15, 0.2) is 0 Å². The van der Waals surface area contributed by atoms with Gasteiger partial charge in [-0.1, -0.05) is 13.3 Å². The van der Waals surface area contributed by atoms with Gasteiger partial charge < -0.3 is 15.7 Å². The highest BCUT2D eigenvalue weighted by molar-refractivity contribution is 5.77. The molecule has 0 saturated carbocycles. The van der Waals surface area contributed by atoms with E-state index >= 15 is 0 Å². The Balaban J connectivity index is 3.75. The van der Waals surface area contributed by atoms with Crippen molar-refractivity contribution in [3.63, 3.8) is 0 Å². The fraction of sp³-hybridized carbons (Fsp3) is 0.800. The number of carbonyl (C=O) groups excluding carboxylic acids is 1. The molecule has 5 nitrogen and oxygen atoms in total. The van der Waals surface area contributed by atoms with Gasteiger partial charge in [0, 0.05) is 13.1 Å². The molecule has 0 aromatic carbocycles. The molecular weight excluding hydrogens is 196 g/mol. The fourth-order valence-corrected chi connectivity index (χ4v) is 0.818. The molecule has 0 aliphatic carbocycles. The number of nitrogens with one attached hydrogen (secondary N) is 2. The van der Waals surface area contributed by atoms with Gasteiger partial charge in [-0.15, -0.1) is 0 Å². The van der Waals surface area contributed by atoms with E-state index in [-0.39, 0.29) is 12.6 Å². The predicted molar refractivity (Wildman–Crippen MR) is 57.7 cm³/mol. The maximum atomic E-state index is 11.2. The third-order valence-corrected chi connectivity index (χ3v) is 2.09. The molecular formula is C10H20N2O3. The second kappa shape index (κ2) is 6.27. The summed E-state index contributed by atoms with van der Waals surface area (Å²) >= 11 is 0. The molecule has 3 N–H and O–H groups in total. The summed E-state index contributed by atoms with van der Waals surface area (Å²) in [6, 6.07) is -0.308. The molecule has 0 aliphatic rings. The summed E-state index contributed by atoms with van der Waals surface area (Å²) in [5, 5.41) is 14.0. The number of hydrogen-bond donors (Lipinski definition) is 3. The number of rotatable bonds is 6. The van der Waals surface area contributed by atoms with Gasteiger partial charge >= 0.3 is 12.0 Å². The van der Waals surface area contributed by atoms with Crippen molar-refractivity contribution in [1.82, 2.24) is 10.6 Å². The van der Waals surface area contributed by atoms with Crippen molar-refractivity contribution in [2.24, 2.45) is 5.41 Å². The zero-order valence-corrected chi connectivity index (χ0v) is 9.59. The van der Waals surface area contributed by atoms with Crippen LogP contribution in [0.2, 0.25) is 0 Å². The van der Waals surface area contributed by atoms with Gasteiger partial charge in [0.2, 0.25) is 0 Å². The van der Waals surface area contributed by atoms with Gasteiger partial charge in [0.25, 0.3) is 0 Å². The van der Waals surface area contributed by atoms with E-state index in [1.807, 2.05) is 6.92 Å². The lowest BCUT2D eigenvalue weighted by Gasteiger charge is -2.19. The lowest BCUT2D eigenvalue weighted by atomic mass is 9.94. The number of amides is 2. The monoisotopic (exact) mass is 216 g/mol. The van der Waals surface area contributed by atoms with E-state index in [4.69, 9.17) is 5.11 Å². The summed E-state index contributed by atoms with van der Waals surface area (Å²) in [7, 11) is 0. The first-order chi connectivity index (χ1) is 6.90. The topological polar surface area (TPSA) is 78.4 Å². The second-order valence-electron chi connectivity index (χ2n) is 4.15. The summed E-state index contributed by atoms with van der Waals surface area (Å²) in [6.45, 7) is 5.92. The Bertz CT molecular complexity index is 227. The average molecular weight is 216 g/mol. The van der Waals surface area contributed by atoms with Crippen LogP contribution in [0, 0.1) is 5.41 Å². The Hall–Kier alpha value is -1.26. The van der Waals surface area contributed by atoms with E-state index in [0.29, 0.717) is 6.54 Å². The number of unbranched alkanes of at least 4 members (excludes halogenated alkanes) is 1. The summed E-state index contributed by atoms with van der Waals surface area (Å²) < 4.78 is 0. The Kier molecular flexibility index (Phi) is 5.74. The van der Waals surface area contributed by atoms with Crippen LogP contribution in [0.3, 0.4) is 0 Å². The van der Waals surface area contributed by atoms with Crippen LogP contribution in [0.1, 0.15) is 33.6 Å². The minimum atomic E-state index is -0.928. The van der Waals surface area contributed by atoms with E-state index in [9.17, 15) is 9.59 Å². The minimum Gasteiger partial charge on any atom is -0.481 e. The molecule has 0 bridgehead atoms. The standard InChI is InChI=1S/C10H20N2O3/c1-4-5-6-11-9(15)12-7-10(2,3)8(13)14/h4-7H2,1-3H3,(H,13,14)(H2,11,12,15). The molecule has 0 heterocycles. The molecule has 88 valence electrons. The number of carboxylic acids is 1. The highest BCUT2D eigenvalue weighted by Crippen LogP contribution is 2.12. The summed E-state index contributed by atoms with van der Waals surface area (Å²) in [5.74, 6) is -0.920. The third-order valence-electron chi connectivity index (χ3n) is 2.09. The van der Waals surface area contributed by atoms with Crippen LogP contribution in [0.5, 0.6) is 0 Å². The van der Waals surface area contributed by atoms with E-state index < -0.39 is 11.4 Å². The molecule has 0 atom stereocenters. The number of carbonyl (C=O) groups is 2. The van der Waals surface area contributed by atoms with E-state index in [0.717, 1.165) is 12.8 Å². The maximum Gasteiger partial charge on any atom is 0.314 e. The Morgan fingerprint density at radius 1 is 1.27 bits per heavy atom. The van der Waals surface area contributed by atoms with Crippen LogP contribution < -0.4 is 10.6 Å². The van der Waals surface area contributed by atoms with E-state index in [1.54, 1.807) is 13.8 Å². The Morgan fingerprint density at radius 3 is 2.33 bits per heavy atom. The largest absolute Gasteiger partial charge is 0.481 e. The lowest BCUT2D eigenvalue weighted by molar-refractivity contribution is -0.146. The highest BCUT2D eigenvalue weighted by atomic mass is 16.4. The van der Waals surface area contributed by atoms with Gasteiger partial charge in [-0.25, -0.2) is 4.79 Å². The maximum absolute atomic E-state index is 11.2. The molecule has 0 aliphatic heterocycles. The molecule has 0 aromatic rings.